The van der Waals surface area contributed by atoms with E-state index in [0.29, 0.717) is 30.5 Å². The number of halogens is 2. The van der Waals surface area contributed by atoms with Crippen molar-refractivity contribution in [1.29, 1.82) is 0 Å². The van der Waals surface area contributed by atoms with Crippen molar-refractivity contribution < 1.29 is 18.3 Å². The number of nitrogens with zero attached hydrogens (tertiary/aromatic N) is 2. The molecule has 0 unspecified atom stereocenters. The number of ether oxygens (including phenoxy) is 2. The Bertz CT molecular complexity index is 380. The number of alkyl halides is 2. The van der Waals surface area contributed by atoms with Gasteiger partial charge in [-0.15, -0.1) is 0 Å². The lowest BCUT2D eigenvalue weighted by atomic mass is 10.4. The van der Waals surface area contributed by atoms with Gasteiger partial charge in [0.05, 0.1) is 13.2 Å². The normalized spacial score (nSPS) is 10.7. The van der Waals surface area contributed by atoms with Crippen molar-refractivity contribution in [2.45, 2.75) is 19.8 Å². The Balaban J connectivity index is 2.40. The molecule has 108 valence electrons. The summed E-state index contributed by atoms with van der Waals surface area (Å²) in [5.74, 6) is 0.717. The highest BCUT2D eigenvalue weighted by atomic mass is 19.3. The molecule has 0 saturated heterocycles. The SMILES string of the molecule is CCCOc1ncnc(NCCOCC(F)F)c1N. The molecule has 1 heterocycles. The van der Waals surface area contributed by atoms with Crippen LogP contribution >= 0.6 is 0 Å². The van der Waals surface area contributed by atoms with Crippen LogP contribution in [0.4, 0.5) is 20.3 Å². The Kier molecular flexibility index (Phi) is 6.80. The molecule has 0 radical (unpaired) electrons. The van der Waals surface area contributed by atoms with Gasteiger partial charge in [0.25, 0.3) is 6.43 Å². The Morgan fingerprint density at radius 3 is 2.84 bits per heavy atom. The van der Waals surface area contributed by atoms with E-state index in [9.17, 15) is 8.78 Å². The van der Waals surface area contributed by atoms with Gasteiger partial charge in [0.2, 0.25) is 5.88 Å². The van der Waals surface area contributed by atoms with Crippen LogP contribution in [-0.2, 0) is 4.74 Å². The second-order valence-electron chi connectivity index (χ2n) is 3.68. The van der Waals surface area contributed by atoms with Gasteiger partial charge >= 0.3 is 0 Å². The molecule has 0 fully saturated rings. The van der Waals surface area contributed by atoms with Crippen LogP contribution in [0.2, 0.25) is 0 Å². The summed E-state index contributed by atoms with van der Waals surface area (Å²) in [6, 6.07) is 0. The average molecular weight is 276 g/mol. The van der Waals surface area contributed by atoms with Crippen molar-refractivity contribution in [3.63, 3.8) is 0 Å². The van der Waals surface area contributed by atoms with Gasteiger partial charge in [-0.05, 0) is 6.42 Å². The fraction of sp³-hybridized carbons (Fsp3) is 0.636. The summed E-state index contributed by atoms with van der Waals surface area (Å²) >= 11 is 0. The lowest BCUT2D eigenvalue weighted by Crippen LogP contribution is -2.15. The van der Waals surface area contributed by atoms with Gasteiger partial charge in [-0.3, -0.25) is 0 Å². The molecule has 0 aromatic carbocycles. The van der Waals surface area contributed by atoms with Crippen LogP contribution in [0, 0.1) is 0 Å². The molecule has 19 heavy (non-hydrogen) atoms. The third-order valence-corrected chi connectivity index (χ3v) is 2.07. The van der Waals surface area contributed by atoms with E-state index in [2.05, 4.69) is 15.3 Å². The number of rotatable bonds is 9. The minimum Gasteiger partial charge on any atom is -0.476 e. The number of hydrogen-bond acceptors (Lipinski definition) is 6. The van der Waals surface area contributed by atoms with Gasteiger partial charge in [0.15, 0.2) is 5.82 Å². The topological polar surface area (TPSA) is 82.3 Å². The fourth-order valence-electron chi connectivity index (χ4n) is 1.25. The molecule has 1 aromatic heterocycles. The molecule has 0 spiro atoms. The molecule has 0 bridgehead atoms. The molecule has 0 amide bonds. The first-order valence-electron chi connectivity index (χ1n) is 5.98. The molecular formula is C11H18F2N4O2. The number of anilines is 2. The summed E-state index contributed by atoms with van der Waals surface area (Å²) < 4.78 is 33.7. The van der Waals surface area contributed by atoms with Gasteiger partial charge in [-0.2, -0.15) is 4.98 Å². The highest BCUT2D eigenvalue weighted by Crippen LogP contribution is 2.24. The van der Waals surface area contributed by atoms with Crippen molar-refractivity contribution >= 4 is 11.5 Å². The number of nitrogen functional groups attached to an aromatic ring is 1. The van der Waals surface area contributed by atoms with Crippen LogP contribution < -0.4 is 15.8 Å². The van der Waals surface area contributed by atoms with Crippen LogP contribution in [0.15, 0.2) is 6.33 Å². The first kappa shape index (κ1) is 15.4. The molecule has 0 aliphatic rings. The maximum atomic E-state index is 11.8. The van der Waals surface area contributed by atoms with E-state index < -0.39 is 13.0 Å². The largest absolute Gasteiger partial charge is 0.476 e. The third kappa shape index (κ3) is 5.64. The van der Waals surface area contributed by atoms with E-state index in [1.807, 2.05) is 6.92 Å². The van der Waals surface area contributed by atoms with Crippen LogP contribution in [-0.4, -0.2) is 42.8 Å². The van der Waals surface area contributed by atoms with Crippen molar-refractivity contribution in [3.05, 3.63) is 6.33 Å². The van der Waals surface area contributed by atoms with E-state index in [1.54, 1.807) is 0 Å². The molecule has 0 saturated carbocycles. The Morgan fingerprint density at radius 2 is 2.16 bits per heavy atom. The maximum absolute atomic E-state index is 11.8. The highest BCUT2D eigenvalue weighted by Gasteiger charge is 2.08. The minimum atomic E-state index is -2.46. The quantitative estimate of drug-likeness (QED) is 0.666. The zero-order valence-electron chi connectivity index (χ0n) is 10.7. The lowest BCUT2D eigenvalue weighted by Gasteiger charge is -2.11. The number of nitrogens with two attached hydrogens (primary N) is 1. The number of aromatic nitrogens is 2. The zero-order chi connectivity index (χ0) is 14.1. The van der Waals surface area contributed by atoms with Crippen molar-refractivity contribution in [2.24, 2.45) is 0 Å². The van der Waals surface area contributed by atoms with Crippen molar-refractivity contribution in [1.82, 2.24) is 9.97 Å². The predicted molar refractivity (Wildman–Crippen MR) is 67.5 cm³/mol. The zero-order valence-corrected chi connectivity index (χ0v) is 10.7. The van der Waals surface area contributed by atoms with Crippen LogP contribution in [0.5, 0.6) is 5.88 Å². The van der Waals surface area contributed by atoms with Gasteiger partial charge in [0.1, 0.15) is 18.6 Å². The summed E-state index contributed by atoms with van der Waals surface area (Å²) in [6.45, 7) is 2.36. The van der Waals surface area contributed by atoms with Gasteiger partial charge < -0.3 is 20.5 Å². The molecule has 1 rings (SSSR count). The van der Waals surface area contributed by atoms with Gasteiger partial charge in [-0.1, -0.05) is 6.92 Å². The van der Waals surface area contributed by atoms with Crippen molar-refractivity contribution in [3.8, 4) is 5.88 Å². The summed E-state index contributed by atoms with van der Waals surface area (Å²) in [7, 11) is 0. The van der Waals surface area contributed by atoms with E-state index in [4.69, 9.17) is 15.2 Å². The summed E-state index contributed by atoms with van der Waals surface area (Å²) in [6.07, 6.45) is -0.296. The molecule has 0 aliphatic heterocycles. The van der Waals surface area contributed by atoms with Crippen LogP contribution in [0.1, 0.15) is 13.3 Å². The van der Waals surface area contributed by atoms with Gasteiger partial charge in [0, 0.05) is 6.54 Å². The third-order valence-electron chi connectivity index (χ3n) is 2.07. The standard InChI is InChI=1S/C11H18F2N4O2/c1-2-4-19-11-9(14)10(16-7-17-11)15-3-5-18-6-8(12)13/h7-8H,2-6,14H2,1H3,(H,15,16,17). The van der Waals surface area contributed by atoms with Gasteiger partial charge in [-0.25, -0.2) is 13.8 Å². The first-order chi connectivity index (χ1) is 9.15. The Labute approximate surface area is 110 Å². The first-order valence-corrected chi connectivity index (χ1v) is 5.98. The molecule has 0 aliphatic carbocycles. The molecule has 8 heteroatoms. The predicted octanol–water partition coefficient (Wildman–Crippen LogP) is 1.54. The van der Waals surface area contributed by atoms with Crippen molar-refractivity contribution in [2.75, 3.05) is 37.4 Å². The smallest absolute Gasteiger partial charge is 0.261 e. The minimum absolute atomic E-state index is 0.138. The van der Waals surface area contributed by atoms with E-state index in [0.717, 1.165) is 6.42 Å². The van der Waals surface area contributed by atoms with E-state index >= 15 is 0 Å². The fourth-order valence-corrected chi connectivity index (χ4v) is 1.25. The summed E-state index contributed by atoms with van der Waals surface area (Å²) in [5, 5.41) is 2.88. The number of nitrogens with one attached hydrogen (secondary N) is 1. The summed E-state index contributed by atoms with van der Waals surface area (Å²) in [5.41, 5.74) is 6.11. The second-order valence-corrected chi connectivity index (χ2v) is 3.68. The molecule has 0 atom stereocenters. The molecule has 3 N–H and O–H groups in total. The van der Waals surface area contributed by atoms with Crippen LogP contribution in [0.3, 0.4) is 0 Å². The van der Waals surface area contributed by atoms with Crippen LogP contribution in [0.25, 0.3) is 0 Å². The highest BCUT2D eigenvalue weighted by molar-refractivity contribution is 5.66. The summed E-state index contributed by atoms with van der Waals surface area (Å²) in [4.78, 5) is 7.86. The maximum Gasteiger partial charge on any atom is 0.261 e. The Hall–Kier alpha value is -1.70. The second kappa shape index (κ2) is 8.41. The molecule has 1 aromatic rings. The lowest BCUT2D eigenvalue weighted by molar-refractivity contribution is 0.0215. The monoisotopic (exact) mass is 276 g/mol. The van der Waals surface area contributed by atoms with E-state index in [1.165, 1.54) is 6.33 Å². The molecular weight excluding hydrogens is 258 g/mol. The number of hydrogen-bond donors (Lipinski definition) is 2. The van der Waals surface area contributed by atoms with E-state index in [-0.39, 0.29) is 6.61 Å². The molecule has 6 nitrogen and oxygen atoms in total. The average Bonchev–Trinajstić information content (AvgIpc) is 2.38. The Morgan fingerprint density at radius 1 is 1.37 bits per heavy atom.